The Morgan fingerprint density at radius 1 is 1.00 bits per heavy atom. The highest BCUT2D eigenvalue weighted by Crippen LogP contribution is 2.36. The van der Waals surface area contributed by atoms with E-state index in [0.717, 1.165) is 43.4 Å². The summed E-state index contributed by atoms with van der Waals surface area (Å²) in [6.07, 6.45) is 1.79. The summed E-state index contributed by atoms with van der Waals surface area (Å²) in [7, 11) is 0. The highest BCUT2D eigenvalue weighted by molar-refractivity contribution is 9.10. The van der Waals surface area contributed by atoms with Crippen molar-refractivity contribution in [1.82, 2.24) is 25.0 Å². The number of pyridine rings is 1. The Balaban J connectivity index is 1.92. The third-order valence-electron chi connectivity index (χ3n) is 4.55. The summed E-state index contributed by atoms with van der Waals surface area (Å²) in [6.45, 7) is 2.07. The molecule has 0 bridgehead atoms. The number of para-hydroxylation sites is 1. The molecule has 3 heterocycles. The first-order valence-corrected chi connectivity index (χ1v) is 9.05. The van der Waals surface area contributed by atoms with Gasteiger partial charge in [-0.3, -0.25) is 5.10 Å². The molecule has 3 aromatic heterocycles. The molecule has 2 aromatic carbocycles. The molecular weight excluding hydrogens is 390 g/mol. The van der Waals surface area contributed by atoms with Gasteiger partial charge in [0.25, 0.3) is 0 Å². The average molecular weight is 404 g/mol. The predicted octanol–water partition coefficient (Wildman–Crippen LogP) is 5.03. The van der Waals surface area contributed by atoms with Crippen LogP contribution in [0, 0.1) is 6.92 Å². The number of aromatic nitrogens is 5. The largest absolute Gasteiger partial charge is 0.296 e. The zero-order valence-corrected chi connectivity index (χ0v) is 15.5. The normalized spacial score (nSPS) is 11.5. The molecular formula is C20H14BrN5. The van der Waals surface area contributed by atoms with Crippen molar-refractivity contribution in [2.24, 2.45) is 0 Å². The van der Waals surface area contributed by atoms with Gasteiger partial charge in [0.15, 0.2) is 11.3 Å². The summed E-state index contributed by atoms with van der Waals surface area (Å²) in [6, 6.07) is 18.4. The molecule has 0 saturated heterocycles. The van der Waals surface area contributed by atoms with Crippen LogP contribution in [0.5, 0.6) is 0 Å². The number of nitrogens with zero attached hydrogens (tertiary/aromatic N) is 4. The van der Waals surface area contributed by atoms with Gasteiger partial charge in [-0.1, -0.05) is 46.3 Å². The van der Waals surface area contributed by atoms with Crippen LogP contribution < -0.4 is 0 Å². The number of hydrogen-bond donors (Lipinski definition) is 1. The van der Waals surface area contributed by atoms with Crippen molar-refractivity contribution < 1.29 is 0 Å². The van der Waals surface area contributed by atoms with Gasteiger partial charge in [0.1, 0.15) is 0 Å². The number of rotatable bonds is 2. The highest BCUT2D eigenvalue weighted by atomic mass is 79.9. The number of aryl methyl sites for hydroxylation is 1. The van der Waals surface area contributed by atoms with Gasteiger partial charge >= 0.3 is 0 Å². The molecule has 0 aliphatic heterocycles. The Morgan fingerprint density at radius 3 is 2.54 bits per heavy atom. The quantitative estimate of drug-likeness (QED) is 0.449. The van der Waals surface area contributed by atoms with E-state index in [9.17, 15) is 0 Å². The van der Waals surface area contributed by atoms with E-state index < -0.39 is 0 Å². The minimum Gasteiger partial charge on any atom is -0.296 e. The van der Waals surface area contributed by atoms with Crippen LogP contribution >= 0.6 is 15.9 Å². The zero-order chi connectivity index (χ0) is 17.7. The lowest BCUT2D eigenvalue weighted by Crippen LogP contribution is -1.98. The van der Waals surface area contributed by atoms with Gasteiger partial charge in [0.2, 0.25) is 0 Å². The SMILES string of the molecule is Cc1[nH]n(-c2ccccc2)c2nc3nncc3c(-c3ccc(Br)cc3)c12. The standard InChI is InChI=1S/C20H14BrN5/c1-12-17-18(13-7-9-14(21)10-8-13)16-11-22-24-19(16)23-20(17)26(25-12)15-5-3-2-4-6-15/h2-11,25H,1H3. The number of H-pyrrole nitrogens is 1. The molecule has 0 atom stereocenters. The summed E-state index contributed by atoms with van der Waals surface area (Å²) < 4.78 is 3.05. The molecule has 6 heteroatoms. The Kier molecular flexibility index (Phi) is 3.39. The van der Waals surface area contributed by atoms with Crippen LogP contribution in [-0.4, -0.2) is 25.0 Å². The van der Waals surface area contributed by atoms with Crippen LogP contribution in [0.25, 0.3) is 38.9 Å². The molecule has 0 aliphatic rings. The second-order valence-electron chi connectivity index (χ2n) is 6.18. The van der Waals surface area contributed by atoms with Gasteiger partial charge in [0.05, 0.1) is 11.9 Å². The maximum Gasteiger partial charge on any atom is 0.186 e. The average Bonchev–Trinajstić information content (AvgIpc) is 3.26. The number of aromatic amines is 1. The van der Waals surface area contributed by atoms with Crippen molar-refractivity contribution in [3.05, 3.63) is 71.0 Å². The second kappa shape index (κ2) is 5.78. The molecule has 5 aromatic rings. The molecule has 26 heavy (non-hydrogen) atoms. The van der Waals surface area contributed by atoms with Crippen molar-refractivity contribution in [2.45, 2.75) is 6.92 Å². The molecule has 0 spiro atoms. The minimum atomic E-state index is 0.652. The first-order chi connectivity index (χ1) is 12.7. The topological polar surface area (TPSA) is 59.4 Å². The number of halogens is 1. The molecule has 1 N–H and O–H groups in total. The van der Waals surface area contributed by atoms with Gasteiger partial charge in [-0.2, -0.15) is 5.10 Å². The third-order valence-corrected chi connectivity index (χ3v) is 5.08. The molecule has 0 unspecified atom stereocenters. The maximum absolute atomic E-state index is 4.79. The summed E-state index contributed by atoms with van der Waals surface area (Å²) in [5.74, 6) is 0. The van der Waals surface area contributed by atoms with E-state index in [0.29, 0.717) is 5.65 Å². The summed E-state index contributed by atoms with van der Waals surface area (Å²) >= 11 is 3.51. The van der Waals surface area contributed by atoms with Gasteiger partial charge < -0.3 is 0 Å². The van der Waals surface area contributed by atoms with Crippen LogP contribution in [0.3, 0.4) is 0 Å². The predicted molar refractivity (Wildman–Crippen MR) is 106 cm³/mol. The Hall–Kier alpha value is -2.99. The van der Waals surface area contributed by atoms with E-state index in [-0.39, 0.29) is 0 Å². The van der Waals surface area contributed by atoms with E-state index in [2.05, 4.69) is 62.4 Å². The molecule has 0 fully saturated rings. The summed E-state index contributed by atoms with van der Waals surface area (Å²) in [4.78, 5) is 4.79. The number of benzene rings is 2. The Bertz CT molecular complexity index is 1240. The van der Waals surface area contributed by atoms with Gasteiger partial charge in [-0.15, -0.1) is 5.10 Å². The first kappa shape index (κ1) is 15.3. The van der Waals surface area contributed by atoms with Crippen LogP contribution in [0.2, 0.25) is 0 Å². The zero-order valence-electron chi connectivity index (χ0n) is 13.9. The minimum absolute atomic E-state index is 0.652. The second-order valence-corrected chi connectivity index (χ2v) is 7.10. The Labute approximate surface area is 157 Å². The molecule has 0 aliphatic carbocycles. The van der Waals surface area contributed by atoms with Crippen molar-refractivity contribution in [3.8, 4) is 16.8 Å². The van der Waals surface area contributed by atoms with E-state index in [4.69, 9.17) is 4.98 Å². The van der Waals surface area contributed by atoms with Crippen LogP contribution in [0.1, 0.15) is 5.69 Å². The smallest absolute Gasteiger partial charge is 0.186 e. The van der Waals surface area contributed by atoms with E-state index in [1.54, 1.807) is 6.20 Å². The van der Waals surface area contributed by atoms with Crippen molar-refractivity contribution in [3.63, 3.8) is 0 Å². The summed E-state index contributed by atoms with van der Waals surface area (Å²) in [5, 5.41) is 13.8. The molecule has 0 radical (unpaired) electrons. The maximum atomic E-state index is 4.79. The van der Waals surface area contributed by atoms with E-state index >= 15 is 0 Å². The number of hydrogen-bond acceptors (Lipinski definition) is 3. The number of fused-ring (bicyclic) bond motifs is 2. The molecule has 5 nitrogen and oxygen atoms in total. The number of nitrogens with one attached hydrogen (secondary N) is 1. The highest BCUT2D eigenvalue weighted by Gasteiger charge is 2.19. The van der Waals surface area contributed by atoms with E-state index in [1.165, 1.54) is 0 Å². The van der Waals surface area contributed by atoms with Crippen molar-refractivity contribution in [2.75, 3.05) is 0 Å². The third kappa shape index (κ3) is 2.26. The Morgan fingerprint density at radius 2 is 1.77 bits per heavy atom. The van der Waals surface area contributed by atoms with Gasteiger partial charge in [0, 0.05) is 26.5 Å². The van der Waals surface area contributed by atoms with Crippen molar-refractivity contribution >= 4 is 38.0 Å². The molecule has 0 amide bonds. The van der Waals surface area contributed by atoms with Gasteiger partial charge in [-0.05, 0) is 36.8 Å². The fourth-order valence-electron chi connectivity index (χ4n) is 3.39. The molecule has 0 saturated carbocycles. The lowest BCUT2D eigenvalue weighted by molar-refractivity contribution is 0.878. The van der Waals surface area contributed by atoms with Crippen LogP contribution in [-0.2, 0) is 0 Å². The fraction of sp³-hybridized carbons (Fsp3) is 0.0500. The van der Waals surface area contributed by atoms with E-state index in [1.807, 2.05) is 35.0 Å². The van der Waals surface area contributed by atoms with Crippen LogP contribution in [0.4, 0.5) is 0 Å². The monoisotopic (exact) mass is 403 g/mol. The first-order valence-electron chi connectivity index (χ1n) is 8.26. The van der Waals surface area contributed by atoms with Gasteiger partial charge in [-0.25, -0.2) is 9.67 Å². The lowest BCUT2D eigenvalue weighted by Gasteiger charge is -2.08. The van der Waals surface area contributed by atoms with Crippen molar-refractivity contribution in [1.29, 1.82) is 0 Å². The molecule has 5 rings (SSSR count). The molecule has 126 valence electrons. The fourth-order valence-corrected chi connectivity index (χ4v) is 3.65. The van der Waals surface area contributed by atoms with Crippen LogP contribution in [0.15, 0.2) is 65.3 Å². The summed E-state index contributed by atoms with van der Waals surface area (Å²) in [5.41, 5.74) is 5.79. The lowest BCUT2D eigenvalue weighted by atomic mass is 9.99.